The number of hydrogen-bond donors (Lipinski definition) is 1. The highest BCUT2D eigenvalue weighted by atomic mass is 16.5. The van der Waals surface area contributed by atoms with Crippen molar-refractivity contribution in [1.82, 2.24) is 4.90 Å². The number of likely N-dealkylation sites (tertiary alicyclic amines) is 1. The molecule has 1 heterocycles. The normalized spacial score (nSPS) is 20.7. The fourth-order valence-electron chi connectivity index (χ4n) is 3.29. The third-order valence-corrected chi connectivity index (χ3v) is 4.46. The lowest BCUT2D eigenvalue weighted by Gasteiger charge is -2.20. The van der Waals surface area contributed by atoms with Crippen molar-refractivity contribution in [2.24, 2.45) is 5.92 Å². The predicted molar refractivity (Wildman–Crippen MR) is 85.0 cm³/mol. The SMILES string of the molecule is CCc1c(OC)cc(C2CN(C)C(=O)C2CC(=O)O)cc1OC. The third-order valence-electron chi connectivity index (χ3n) is 4.46. The first kappa shape index (κ1) is 17.1. The molecule has 1 N–H and O–H groups in total. The maximum absolute atomic E-state index is 12.3. The number of hydrogen-bond acceptors (Lipinski definition) is 4. The number of amides is 1. The Kier molecular flexibility index (Phi) is 5.13. The number of ether oxygens (including phenoxy) is 2. The summed E-state index contributed by atoms with van der Waals surface area (Å²) in [5, 5.41) is 9.11. The van der Waals surface area contributed by atoms with E-state index in [2.05, 4.69) is 0 Å². The average Bonchev–Trinajstić information content (AvgIpc) is 2.81. The molecule has 1 aliphatic rings. The van der Waals surface area contributed by atoms with Crippen LogP contribution in [-0.4, -0.2) is 49.7 Å². The Morgan fingerprint density at radius 1 is 1.30 bits per heavy atom. The second kappa shape index (κ2) is 6.89. The molecule has 2 unspecified atom stereocenters. The zero-order valence-corrected chi connectivity index (χ0v) is 14.0. The first-order valence-corrected chi connectivity index (χ1v) is 7.64. The molecular formula is C17H23NO5. The second-order valence-corrected chi connectivity index (χ2v) is 5.79. The van der Waals surface area contributed by atoms with E-state index in [1.807, 2.05) is 19.1 Å². The number of aliphatic carboxylic acids is 1. The number of methoxy groups -OCH3 is 2. The maximum Gasteiger partial charge on any atom is 0.304 e. The van der Waals surface area contributed by atoms with Crippen LogP contribution in [-0.2, 0) is 16.0 Å². The van der Waals surface area contributed by atoms with Gasteiger partial charge in [0, 0.05) is 25.1 Å². The van der Waals surface area contributed by atoms with Crippen molar-refractivity contribution >= 4 is 11.9 Å². The van der Waals surface area contributed by atoms with E-state index in [0.29, 0.717) is 18.0 Å². The van der Waals surface area contributed by atoms with E-state index in [4.69, 9.17) is 14.6 Å². The Morgan fingerprint density at radius 2 is 1.87 bits per heavy atom. The lowest BCUT2D eigenvalue weighted by atomic mass is 9.85. The third kappa shape index (κ3) is 3.25. The summed E-state index contributed by atoms with van der Waals surface area (Å²) in [7, 11) is 4.89. The summed E-state index contributed by atoms with van der Waals surface area (Å²) < 4.78 is 10.9. The highest BCUT2D eigenvalue weighted by molar-refractivity contribution is 5.86. The van der Waals surface area contributed by atoms with Gasteiger partial charge in [0.15, 0.2) is 0 Å². The molecule has 6 heteroatoms. The number of carboxylic acid groups (broad SMARTS) is 1. The van der Waals surface area contributed by atoms with Crippen LogP contribution in [0.1, 0.15) is 30.4 Å². The molecular weight excluding hydrogens is 298 g/mol. The average molecular weight is 321 g/mol. The monoisotopic (exact) mass is 321 g/mol. The van der Waals surface area contributed by atoms with Crippen LogP contribution in [0.4, 0.5) is 0 Å². The summed E-state index contributed by atoms with van der Waals surface area (Å²) in [5.74, 6) is -0.421. The minimum absolute atomic E-state index is 0.130. The Balaban J connectivity index is 2.47. The van der Waals surface area contributed by atoms with Gasteiger partial charge in [0.1, 0.15) is 11.5 Å². The molecule has 23 heavy (non-hydrogen) atoms. The molecule has 2 atom stereocenters. The first-order valence-electron chi connectivity index (χ1n) is 7.64. The molecule has 6 nitrogen and oxygen atoms in total. The van der Waals surface area contributed by atoms with Gasteiger partial charge in [0.2, 0.25) is 5.91 Å². The molecule has 0 bridgehead atoms. The van der Waals surface area contributed by atoms with Crippen LogP contribution in [0.25, 0.3) is 0 Å². The van der Waals surface area contributed by atoms with Crippen LogP contribution in [0.5, 0.6) is 11.5 Å². The van der Waals surface area contributed by atoms with Crippen LogP contribution >= 0.6 is 0 Å². The van der Waals surface area contributed by atoms with Crippen molar-refractivity contribution in [1.29, 1.82) is 0 Å². The molecule has 0 aromatic heterocycles. The largest absolute Gasteiger partial charge is 0.496 e. The maximum atomic E-state index is 12.3. The highest BCUT2D eigenvalue weighted by Gasteiger charge is 2.41. The lowest BCUT2D eigenvalue weighted by Crippen LogP contribution is -2.24. The summed E-state index contributed by atoms with van der Waals surface area (Å²) in [6, 6.07) is 3.79. The molecule has 1 aromatic rings. The topological polar surface area (TPSA) is 76.1 Å². The van der Waals surface area contributed by atoms with Gasteiger partial charge in [-0.15, -0.1) is 0 Å². The quantitative estimate of drug-likeness (QED) is 0.866. The molecule has 1 saturated heterocycles. The van der Waals surface area contributed by atoms with Gasteiger partial charge in [0.05, 0.1) is 26.6 Å². The van der Waals surface area contributed by atoms with Crippen molar-refractivity contribution < 1.29 is 24.2 Å². The second-order valence-electron chi connectivity index (χ2n) is 5.79. The molecule has 1 aromatic carbocycles. The lowest BCUT2D eigenvalue weighted by molar-refractivity contribution is -0.141. The van der Waals surface area contributed by atoms with Crippen LogP contribution in [0.3, 0.4) is 0 Å². The molecule has 2 rings (SSSR count). The van der Waals surface area contributed by atoms with Gasteiger partial charge >= 0.3 is 5.97 Å². The number of carbonyl (C=O) groups is 2. The molecule has 0 aliphatic carbocycles. The van der Waals surface area contributed by atoms with E-state index in [1.165, 1.54) is 0 Å². The number of carboxylic acids is 1. The summed E-state index contributed by atoms with van der Waals surface area (Å²) in [4.78, 5) is 25.0. The molecule has 1 fully saturated rings. The Morgan fingerprint density at radius 3 is 2.30 bits per heavy atom. The number of rotatable bonds is 6. The molecule has 0 radical (unpaired) electrons. The van der Waals surface area contributed by atoms with Crippen LogP contribution in [0.2, 0.25) is 0 Å². The fourth-order valence-corrected chi connectivity index (χ4v) is 3.29. The van der Waals surface area contributed by atoms with E-state index in [-0.39, 0.29) is 18.2 Å². The Labute approximate surface area is 136 Å². The van der Waals surface area contributed by atoms with Crippen molar-refractivity contribution in [3.05, 3.63) is 23.3 Å². The van der Waals surface area contributed by atoms with E-state index < -0.39 is 11.9 Å². The Bertz CT molecular complexity index is 588. The van der Waals surface area contributed by atoms with Crippen molar-refractivity contribution in [3.8, 4) is 11.5 Å². The Hall–Kier alpha value is -2.24. The zero-order valence-electron chi connectivity index (χ0n) is 14.0. The van der Waals surface area contributed by atoms with E-state index >= 15 is 0 Å². The molecule has 0 saturated carbocycles. The standard InChI is InChI=1S/C17H23NO5/c1-5-11-14(22-3)6-10(7-15(11)23-4)13-9-18(2)17(21)12(13)8-16(19)20/h6-7,12-13H,5,8-9H2,1-4H3,(H,19,20). The van der Waals surface area contributed by atoms with Gasteiger partial charge in [-0.25, -0.2) is 0 Å². The predicted octanol–water partition coefficient (Wildman–Crippen LogP) is 1.91. The van der Waals surface area contributed by atoms with Crippen molar-refractivity contribution in [3.63, 3.8) is 0 Å². The first-order chi connectivity index (χ1) is 10.9. The van der Waals surface area contributed by atoms with Crippen molar-refractivity contribution in [2.75, 3.05) is 27.8 Å². The highest BCUT2D eigenvalue weighted by Crippen LogP contribution is 2.40. The van der Waals surface area contributed by atoms with Gasteiger partial charge in [-0.2, -0.15) is 0 Å². The van der Waals surface area contributed by atoms with Crippen LogP contribution in [0, 0.1) is 5.92 Å². The van der Waals surface area contributed by atoms with E-state index in [0.717, 1.165) is 17.5 Å². The molecule has 1 aliphatic heterocycles. The smallest absolute Gasteiger partial charge is 0.304 e. The van der Waals surface area contributed by atoms with E-state index in [1.54, 1.807) is 26.2 Å². The molecule has 126 valence electrons. The van der Waals surface area contributed by atoms with Gasteiger partial charge in [-0.05, 0) is 24.1 Å². The number of carbonyl (C=O) groups excluding carboxylic acids is 1. The summed E-state index contributed by atoms with van der Waals surface area (Å²) >= 11 is 0. The zero-order chi connectivity index (χ0) is 17.1. The van der Waals surface area contributed by atoms with Crippen molar-refractivity contribution in [2.45, 2.75) is 25.7 Å². The number of likely N-dealkylation sites (N-methyl/N-ethyl adjacent to an activating group) is 1. The number of benzene rings is 1. The fraction of sp³-hybridized carbons (Fsp3) is 0.529. The van der Waals surface area contributed by atoms with E-state index in [9.17, 15) is 9.59 Å². The summed E-state index contributed by atoms with van der Waals surface area (Å²) in [6.07, 6.45) is 0.586. The van der Waals surface area contributed by atoms with Gasteiger partial charge in [-0.1, -0.05) is 6.92 Å². The molecule has 1 amide bonds. The molecule has 0 spiro atoms. The minimum atomic E-state index is -0.965. The van der Waals surface area contributed by atoms with Gasteiger partial charge < -0.3 is 19.5 Å². The van der Waals surface area contributed by atoms with Gasteiger partial charge in [-0.3, -0.25) is 9.59 Å². The van der Waals surface area contributed by atoms with Crippen LogP contribution < -0.4 is 9.47 Å². The summed E-state index contributed by atoms with van der Waals surface area (Å²) in [5.41, 5.74) is 1.84. The number of nitrogens with zero attached hydrogens (tertiary/aromatic N) is 1. The van der Waals surface area contributed by atoms with Gasteiger partial charge in [0.25, 0.3) is 0 Å². The van der Waals surface area contributed by atoms with Crippen LogP contribution in [0.15, 0.2) is 12.1 Å². The summed E-state index contributed by atoms with van der Waals surface area (Å²) in [6.45, 7) is 2.51. The minimum Gasteiger partial charge on any atom is -0.496 e.